The summed E-state index contributed by atoms with van der Waals surface area (Å²) < 4.78 is 26.6. The van der Waals surface area contributed by atoms with Crippen molar-refractivity contribution in [1.82, 2.24) is 14.9 Å². The van der Waals surface area contributed by atoms with Gasteiger partial charge in [-0.25, -0.2) is 13.1 Å². The molecule has 2 N–H and O–H groups in total. The van der Waals surface area contributed by atoms with E-state index in [1.807, 2.05) is 0 Å². The van der Waals surface area contributed by atoms with Crippen molar-refractivity contribution in [3.63, 3.8) is 0 Å². The van der Waals surface area contributed by atoms with Crippen LogP contribution in [0.25, 0.3) is 0 Å². The lowest BCUT2D eigenvalue weighted by Gasteiger charge is -2.12. The van der Waals surface area contributed by atoms with E-state index in [0.717, 1.165) is 0 Å². The van der Waals surface area contributed by atoms with Gasteiger partial charge in [0, 0.05) is 11.9 Å². The van der Waals surface area contributed by atoms with Gasteiger partial charge in [0.15, 0.2) is 0 Å². The summed E-state index contributed by atoms with van der Waals surface area (Å²) in [7, 11) is -3.50. The molecule has 1 heterocycles. The number of aromatic amines is 1. The quantitative estimate of drug-likeness (QED) is 0.789. The average Bonchev–Trinajstić information content (AvgIpc) is 2.45. The minimum absolute atomic E-state index is 0.184. The van der Waals surface area contributed by atoms with Crippen LogP contribution in [0.5, 0.6) is 0 Å². The van der Waals surface area contributed by atoms with Crippen molar-refractivity contribution in [3.05, 3.63) is 11.4 Å². The number of rotatable bonds is 5. The number of hydrogen-bond donors (Lipinski definition) is 2. The number of hydrogen-bond acceptors (Lipinski definition) is 3. The summed E-state index contributed by atoms with van der Waals surface area (Å²) in [5, 5.41) is 6.52. The smallest absolute Gasteiger partial charge is 0.244 e. The Labute approximate surface area is 101 Å². The van der Waals surface area contributed by atoms with Crippen molar-refractivity contribution in [2.45, 2.75) is 38.1 Å². The van der Waals surface area contributed by atoms with Crippen LogP contribution in [-0.4, -0.2) is 30.5 Å². The molecule has 0 bridgehead atoms. The maximum atomic E-state index is 12.0. The van der Waals surface area contributed by atoms with Gasteiger partial charge in [0.05, 0.1) is 11.4 Å². The van der Waals surface area contributed by atoms with Crippen LogP contribution in [0, 0.1) is 13.8 Å². The fourth-order valence-electron chi connectivity index (χ4n) is 1.48. The maximum Gasteiger partial charge on any atom is 0.244 e. The van der Waals surface area contributed by atoms with Gasteiger partial charge in [-0.15, -0.1) is 11.6 Å². The lowest BCUT2D eigenvalue weighted by molar-refractivity contribution is 0.555. The molecule has 0 aliphatic heterocycles. The highest BCUT2D eigenvalue weighted by atomic mass is 35.5. The van der Waals surface area contributed by atoms with Crippen LogP contribution < -0.4 is 4.72 Å². The van der Waals surface area contributed by atoms with E-state index in [2.05, 4.69) is 14.9 Å². The molecule has 0 aromatic carbocycles. The molecule has 5 nitrogen and oxygen atoms in total. The van der Waals surface area contributed by atoms with E-state index < -0.39 is 10.0 Å². The molecular formula is C9H16ClN3O2S. The highest BCUT2D eigenvalue weighted by Crippen LogP contribution is 2.16. The Morgan fingerprint density at radius 1 is 1.50 bits per heavy atom. The number of nitrogens with zero attached hydrogens (tertiary/aromatic N) is 1. The minimum Gasteiger partial charge on any atom is -0.281 e. The highest BCUT2D eigenvalue weighted by molar-refractivity contribution is 7.89. The average molecular weight is 266 g/mol. The Balaban J connectivity index is 2.95. The summed E-state index contributed by atoms with van der Waals surface area (Å²) >= 11 is 5.56. The van der Waals surface area contributed by atoms with Crippen LogP contribution in [0.4, 0.5) is 0 Å². The molecule has 0 spiro atoms. The highest BCUT2D eigenvalue weighted by Gasteiger charge is 2.23. The minimum atomic E-state index is -3.50. The second-order valence-electron chi connectivity index (χ2n) is 3.76. The largest absolute Gasteiger partial charge is 0.281 e. The first-order valence-corrected chi connectivity index (χ1v) is 7.00. The number of aryl methyl sites for hydroxylation is 2. The molecule has 1 aromatic rings. The lowest BCUT2D eigenvalue weighted by Crippen LogP contribution is -2.33. The molecular weight excluding hydrogens is 250 g/mol. The summed E-state index contributed by atoms with van der Waals surface area (Å²) in [6, 6.07) is -0.184. The van der Waals surface area contributed by atoms with Gasteiger partial charge < -0.3 is 0 Å². The summed E-state index contributed by atoms with van der Waals surface area (Å²) in [4.78, 5) is 0.230. The van der Waals surface area contributed by atoms with Gasteiger partial charge in [-0.2, -0.15) is 5.10 Å². The number of halogens is 1. The first-order valence-electron chi connectivity index (χ1n) is 4.98. The van der Waals surface area contributed by atoms with Crippen molar-refractivity contribution in [1.29, 1.82) is 0 Å². The molecule has 0 saturated heterocycles. The monoisotopic (exact) mass is 265 g/mol. The fraction of sp³-hybridized carbons (Fsp3) is 0.667. The third-order valence-corrected chi connectivity index (χ3v) is 4.30. The van der Waals surface area contributed by atoms with E-state index in [-0.39, 0.29) is 10.9 Å². The van der Waals surface area contributed by atoms with Crippen molar-refractivity contribution in [2.24, 2.45) is 0 Å². The normalized spacial score (nSPS) is 14.0. The van der Waals surface area contributed by atoms with E-state index in [1.165, 1.54) is 0 Å². The number of alkyl halides is 1. The maximum absolute atomic E-state index is 12.0. The van der Waals surface area contributed by atoms with Gasteiger partial charge in [0.1, 0.15) is 4.90 Å². The molecule has 16 heavy (non-hydrogen) atoms. The molecule has 0 saturated carbocycles. The van der Waals surface area contributed by atoms with E-state index in [9.17, 15) is 8.42 Å². The van der Waals surface area contributed by atoms with E-state index >= 15 is 0 Å². The second-order valence-corrected chi connectivity index (χ2v) is 5.79. The van der Waals surface area contributed by atoms with Crippen molar-refractivity contribution >= 4 is 21.6 Å². The van der Waals surface area contributed by atoms with E-state index in [4.69, 9.17) is 11.6 Å². The molecule has 0 aliphatic rings. The summed E-state index contributed by atoms with van der Waals surface area (Å²) in [5.41, 5.74) is 1.02. The number of sulfonamides is 1. The Hall–Kier alpha value is -0.590. The third-order valence-electron chi connectivity index (χ3n) is 2.23. The molecule has 0 amide bonds. The zero-order valence-corrected chi connectivity index (χ0v) is 11.1. The molecule has 1 unspecified atom stereocenters. The molecule has 7 heteroatoms. The topological polar surface area (TPSA) is 74.8 Å². The summed E-state index contributed by atoms with van der Waals surface area (Å²) in [6.07, 6.45) is 0.594. The predicted molar refractivity (Wildman–Crippen MR) is 63.2 cm³/mol. The van der Waals surface area contributed by atoms with Crippen LogP contribution in [0.2, 0.25) is 0 Å². The first-order chi connectivity index (χ1) is 7.38. The molecule has 1 aromatic heterocycles. The lowest BCUT2D eigenvalue weighted by atomic mass is 10.3. The Morgan fingerprint density at radius 3 is 2.56 bits per heavy atom. The van der Waals surface area contributed by atoms with Crippen LogP contribution in [-0.2, 0) is 10.0 Å². The molecule has 1 rings (SSSR count). The molecule has 0 fully saturated rings. The summed E-state index contributed by atoms with van der Waals surface area (Å²) in [6.45, 7) is 5.12. The van der Waals surface area contributed by atoms with Crippen LogP contribution in [0.3, 0.4) is 0 Å². The fourth-order valence-corrected chi connectivity index (χ4v) is 3.46. The van der Waals surface area contributed by atoms with Crippen molar-refractivity contribution in [3.8, 4) is 0 Å². The molecule has 0 radical (unpaired) electrons. The first kappa shape index (κ1) is 13.5. The SMILES string of the molecule is Cc1n[nH]c(C)c1S(=O)(=O)NC(C)CCCl. The van der Waals surface area contributed by atoms with Crippen LogP contribution in [0.15, 0.2) is 4.90 Å². The van der Waals surface area contributed by atoms with Gasteiger partial charge in [-0.3, -0.25) is 5.10 Å². The van der Waals surface area contributed by atoms with Crippen molar-refractivity contribution < 1.29 is 8.42 Å². The Bertz CT molecular complexity index is 436. The van der Waals surface area contributed by atoms with Gasteiger partial charge in [0.25, 0.3) is 0 Å². The predicted octanol–water partition coefficient (Wildman–Crippen LogP) is 1.32. The zero-order valence-electron chi connectivity index (χ0n) is 9.54. The zero-order chi connectivity index (χ0) is 12.3. The molecule has 1 atom stereocenters. The molecule has 0 aliphatic carbocycles. The van der Waals surface area contributed by atoms with Crippen molar-refractivity contribution in [2.75, 3.05) is 5.88 Å². The van der Waals surface area contributed by atoms with E-state index in [0.29, 0.717) is 23.7 Å². The number of aromatic nitrogens is 2. The van der Waals surface area contributed by atoms with Gasteiger partial charge in [-0.05, 0) is 27.2 Å². The van der Waals surface area contributed by atoms with Gasteiger partial charge in [0.2, 0.25) is 10.0 Å². The van der Waals surface area contributed by atoms with Crippen LogP contribution in [0.1, 0.15) is 24.7 Å². The van der Waals surface area contributed by atoms with Gasteiger partial charge in [-0.1, -0.05) is 0 Å². The Kier molecular flexibility index (Phi) is 4.35. The standard InChI is InChI=1S/C9H16ClN3O2S/c1-6(4-5-10)13-16(14,15)9-7(2)11-12-8(9)3/h6,13H,4-5H2,1-3H3,(H,11,12). The number of H-pyrrole nitrogens is 1. The van der Waals surface area contributed by atoms with Crippen LogP contribution >= 0.6 is 11.6 Å². The molecule has 92 valence electrons. The van der Waals surface area contributed by atoms with Gasteiger partial charge >= 0.3 is 0 Å². The second kappa shape index (κ2) is 5.16. The Morgan fingerprint density at radius 2 is 2.12 bits per heavy atom. The summed E-state index contributed by atoms with van der Waals surface area (Å²) in [5.74, 6) is 0.424. The number of nitrogens with one attached hydrogen (secondary N) is 2. The third kappa shape index (κ3) is 2.96. The van der Waals surface area contributed by atoms with E-state index in [1.54, 1.807) is 20.8 Å².